The van der Waals surface area contributed by atoms with Gasteiger partial charge in [-0.1, -0.05) is 12.1 Å². The average Bonchev–Trinajstić information content (AvgIpc) is 3.73. The number of nitrogens with one attached hydrogen (secondary N) is 2. The van der Waals surface area contributed by atoms with E-state index in [4.69, 9.17) is 4.74 Å². The molecule has 2 aliphatic rings. The molecule has 2 aliphatic heterocycles. The maximum absolute atomic E-state index is 15.0. The Kier molecular flexibility index (Phi) is 11.5. The summed E-state index contributed by atoms with van der Waals surface area (Å²) in [6.07, 6.45) is 1.85. The summed E-state index contributed by atoms with van der Waals surface area (Å²) in [5.41, 5.74) is 2.91. The molecule has 47 heavy (non-hydrogen) atoms. The van der Waals surface area contributed by atoms with Gasteiger partial charge in [0.2, 0.25) is 0 Å². The van der Waals surface area contributed by atoms with Gasteiger partial charge in [0.1, 0.15) is 23.2 Å². The number of methoxy groups -OCH3 is 1. The van der Waals surface area contributed by atoms with E-state index in [0.717, 1.165) is 25.9 Å². The maximum Gasteiger partial charge on any atom is 0.307 e. The van der Waals surface area contributed by atoms with E-state index in [2.05, 4.69) is 10.6 Å². The molecule has 0 radical (unpaired) electrons. The molecule has 0 aromatic heterocycles. The monoisotopic (exact) mass is 653 g/mol. The molecule has 3 aromatic carbocycles. The number of carboxylic acid groups (broad SMARTS) is 2. The fourth-order valence-electron chi connectivity index (χ4n) is 7.09. The summed E-state index contributed by atoms with van der Waals surface area (Å²) in [6.45, 7) is 3.31. The first kappa shape index (κ1) is 34.4. The molecule has 4 atom stereocenters. The number of aliphatic carboxylic acids is 2. The van der Waals surface area contributed by atoms with Gasteiger partial charge < -0.3 is 25.6 Å². The zero-order valence-electron chi connectivity index (χ0n) is 26.5. The normalized spacial score (nSPS) is 19.2. The lowest BCUT2D eigenvalue weighted by atomic mass is 9.85. The first-order valence-corrected chi connectivity index (χ1v) is 16.1. The highest BCUT2D eigenvalue weighted by Gasteiger charge is 2.32. The Morgan fingerprint density at radius 2 is 1.11 bits per heavy atom. The third-order valence-corrected chi connectivity index (χ3v) is 9.30. The van der Waals surface area contributed by atoms with Crippen molar-refractivity contribution in [2.24, 2.45) is 23.7 Å². The van der Waals surface area contributed by atoms with Gasteiger partial charge in [0.25, 0.3) is 0 Å². The van der Waals surface area contributed by atoms with Crippen LogP contribution in [0, 0.1) is 41.1 Å². The molecule has 2 fully saturated rings. The van der Waals surface area contributed by atoms with Crippen LogP contribution in [0.15, 0.2) is 54.6 Å². The summed E-state index contributed by atoms with van der Waals surface area (Å²) in [7, 11) is 1.44. The molecular weight excluding hydrogens is 611 g/mol. The first-order valence-electron chi connectivity index (χ1n) is 16.1. The minimum absolute atomic E-state index is 0.0495. The predicted molar refractivity (Wildman–Crippen MR) is 170 cm³/mol. The minimum atomic E-state index is -0.914. The van der Waals surface area contributed by atoms with Crippen LogP contribution < -0.4 is 15.4 Å². The van der Waals surface area contributed by atoms with Crippen molar-refractivity contribution in [3.05, 3.63) is 99.9 Å². The van der Waals surface area contributed by atoms with E-state index in [-0.39, 0.29) is 44.3 Å². The Bertz CT molecular complexity index is 1470. The van der Waals surface area contributed by atoms with Crippen molar-refractivity contribution >= 4 is 11.9 Å². The largest absolute Gasteiger partial charge is 0.497 e. The van der Waals surface area contributed by atoms with Crippen molar-refractivity contribution in [2.75, 3.05) is 33.3 Å². The maximum atomic E-state index is 15.0. The van der Waals surface area contributed by atoms with Crippen molar-refractivity contribution in [1.82, 2.24) is 15.5 Å². The minimum Gasteiger partial charge on any atom is -0.497 e. The Morgan fingerprint density at radius 1 is 0.702 bits per heavy atom. The van der Waals surface area contributed by atoms with Gasteiger partial charge in [-0.2, -0.15) is 0 Å². The SMILES string of the molecule is COc1cc(F)cc(CN(Cc2cc(F)cc(CC(C(=O)O)C3CCNC3)c2)Cc2cc(F)cc(CC(C(=O)O)C3CCNC3)c2)c1. The van der Waals surface area contributed by atoms with Gasteiger partial charge in [0.05, 0.1) is 18.9 Å². The molecule has 0 saturated carbocycles. The molecule has 0 bridgehead atoms. The van der Waals surface area contributed by atoms with Crippen molar-refractivity contribution in [2.45, 2.75) is 45.3 Å². The van der Waals surface area contributed by atoms with Crippen LogP contribution in [0.25, 0.3) is 0 Å². The summed E-state index contributed by atoms with van der Waals surface area (Å²) in [6, 6.07) is 13.4. The van der Waals surface area contributed by atoms with Crippen molar-refractivity contribution in [1.29, 1.82) is 0 Å². The quantitative estimate of drug-likeness (QED) is 0.181. The predicted octanol–water partition coefficient (Wildman–Crippen LogP) is 5.02. The molecule has 5 rings (SSSR count). The zero-order valence-corrected chi connectivity index (χ0v) is 26.5. The van der Waals surface area contributed by atoms with Gasteiger partial charge >= 0.3 is 11.9 Å². The van der Waals surface area contributed by atoms with Gasteiger partial charge in [-0.25, -0.2) is 13.2 Å². The third-order valence-electron chi connectivity index (χ3n) is 9.30. The van der Waals surface area contributed by atoms with Gasteiger partial charge in [-0.05, 0) is 128 Å². The van der Waals surface area contributed by atoms with E-state index >= 15 is 0 Å². The Labute approximate surface area is 272 Å². The molecule has 0 aliphatic carbocycles. The number of hydrogen-bond acceptors (Lipinski definition) is 6. The summed E-state index contributed by atoms with van der Waals surface area (Å²) in [5.74, 6) is -4.37. The van der Waals surface area contributed by atoms with Crippen molar-refractivity contribution < 1.29 is 37.7 Å². The molecule has 2 saturated heterocycles. The molecule has 4 unspecified atom stereocenters. The second-order valence-electron chi connectivity index (χ2n) is 12.9. The van der Waals surface area contributed by atoms with E-state index in [1.807, 2.05) is 4.90 Å². The van der Waals surface area contributed by atoms with E-state index in [1.165, 1.54) is 43.5 Å². The number of hydrogen-bond donors (Lipinski definition) is 4. The molecule has 0 spiro atoms. The second-order valence-corrected chi connectivity index (χ2v) is 12.9. The Morgan fingerprint density at radius 3 is 1.49 bits per heavy atom. The summed E-state index contributed by atoms with van der Waals surface area (Å²) in [4.78, 5) is 26.2. The molecule has 0 amide bonds. The standard InChI is InChI=1S/C36H42F3N3O5/c1-47-32-13-26(12-31(39)16-32)21-42(19-24-6-22(8-29(37)10-24)14-33(35(43)44)27-2-4-40-17-27)20-25-7-23(9-30(38)11-25)15-34(36(45)46)28-3-5-41-18-28/h6-13,16,27-28,33-34,40-41H,2-5,14-15,17-21H2,1H3,(H,43,44)(H,45,46). The number of carbonyl (C=O) groups is 2. The second kappa shape index (κ2) is 15.8. The highest BCUT2D eigenvalue weighted by Crippen LogP contribution is 2.28. The van der Waals surface area contributed by atoms with E-state index in [9.17, 15) is 33.0 Å². The van der Waals surface area contributed by atoms with Crippen LogP contribution >= 0.6 is 0 Å². The Balaban J connectivity index is 1.41. The van der Waals surface area contributed by atoms with E-state index < -0.39 is 41.2 Å². The van der Waals surface area contributed by atoms with Gasteiger partial charge in [-0.15, -0.1) is 0 Å². The fraction of sp³-hybridized carbons (Fsp3) is 0.444. The topological polar surface area (TPSA) is 111 Å². The zero-order chi connectivity index (χ0) is 33.5. The van der Waals surface area contributed by atoms with Crippen LogP contribution in [0.3, 0.4) is 0 Å². The van der Waals surface area contributed by atoms with Crippen LogP contribution in [0.5, 0.6) is 5.75 Å². The number of carboxylic acids is 2. The lowest BCUT2D eigenvalue weighted by Crippen LogP contribution is -2.28. The summed E-state index contributed by atoms with van der Waals surface area (Å²) < 4.78 is 49.7. The number of rotatable bonds is 15. The number of halogens is 3. The van der Waals surface area contributed by atoms with Crippen molar-refractivity contribution in [3.8, 4) is 5.75 Å². The molecule has 11 heteroatoms. The third kappa shape index (κ3) is 9.56. The van der Waals surface area contributed by atoms with Gasteiger partial charge in [-0.3, -0.25) is 14.5 Å². The van der Waals surface area contributed by atoms with Crippen molar-refractivity contribution in [3.63, 3.8) is 0 Å². The smallest absolute Gasteiger partial charge is 0.307 e. The Hall–Kier alpha value is -3.93. The van der Waals surface area contributed by atoms with E-state index in [0.29, 0.717) is 46.7 Å². The van der Waals surface area contributed by atoms with Crippen LogP contribution in [-0.2, 0) is 42.1 Å². The molecule has 3 aromatic rings. The fourth-order valence-corrected chi connectivity index (χ4v) is 7.09. The number of benzene rings is 3. The van der Waals surface area contributed by atoms with E-state index in [1.54, 1.807) is 18.2 Å². The highest BCUT2D eigenvalue weighted by molar-refractivity contribution is 5.71. The lowest BCUT2D eigenvalue weighted by Gasteiger charge is -2.25. The summed E-state index contributed by atoms with van der Waals surface area (Å²) >= 11 is 0. The first-order chi connectivity index (χ1) is 22.6. The molecule has 252 valence electrons. The lowest BCUT2D eigenvalue weighted by molar-refractivity contribution is -0.144. The van der Waals surface area contributed by atoms with Crippen LogP contribution in [0.4, 0.5) is 13.2 Å². The summed E-state index contributed by atoms with van der Waals surface area (Å²) in [5, 5.41) is 26.3. The number of nitrogens with zero attached hydrogens (tertiary/aromatic N) is 1. The average molecular weight is 654 g/mol. The number of ether oxygens (including phenoxy) is 1. The highest BCUT2D eigenvalue weighted by atomic mass is 19.1. The molecular formula is C36H42F3N3O5. The molecule has 8 nitrogen and oxygen atoms in total. The van der Waals surface area contributed by atoms with Crippen LogP contribution in [0.1, 0.15) is 40.7 Å². The molecule has 2 heterocycles. The van der Waals surface area contributed by atoms with Crippen LogP contribution in [-0.4, -0.2) is 60.3 Å². The molecule has 4 N–H and O–H groups in total. The van der Waals surface area contributed by atoms with Gasteiger partial charge in [0, 0.05) is 25.7 Å². The van der Waals surface area contributed by atoms with Crippen LogP contribution in [0.2, 0.25) is 0 Å². The van der Waals surface area contributed by atoms with Gasteiger partial charge in [0.15, 0.2) is 0 Å².